The minimum Gasteiger partial charge on any atom is -0.367 e. The standard InChI is InChI=1S/C10H16O2/c1-8(6-7-11)4-5-9-10(2,3)12-9/h6-7,9H,4-5H2,1-3H3/b8-6+/t9-/m0/s1. The monoisotopic (exact) mass is 168 g/mol. The van der Waals surface area contributed by atoms with E-state index in [-0.39, 0.29) is 5.60 Å². The van der Waals surface area contributed by atoms with Crippen LogP contribution in [-0.4, -0.2) is 18.0 Å². The molecule has 1 saturated heterocycles. The fourth-order valence-corrected chi connectivity index (χ4v) is 1.30. The first-order valence-electron chi connectivity index (χ1n) is 4.35. The van der Waals surface area contributed by atoms with Crippen LogP contribution in [0.2, 0.25) is 0 Å². The van der Waals surface area contributed by atoms with Crippen LogP contribution in [-0.2, 0) is 9.53 Å². The van der Waals surface area contributed by atoms with Crippen molar-refractivity contribution < 1.29 is 9.53 Å². The molecular formula is C10H16O2. The van der Waals surface area contributed by atoms with Crippen molar-refractivity contribution in [3.05, 3.63) is 11.6 Å². The molecule has 1 heterocycles. The largest absolute Gasteiger partial charge is 0.367 e. The Labute approximate surface area is 73.6 Å². The second-order valence-electron chi connectivity index (χ2n) is 3.90. The van der Waals surface area contributed by atoms with Gasteiger partial charge in [0.2, 0.25) is 0 Å². The van der Waals surface area contributed by atoms with Crippen LogP contribution in [0, 0.1) is 0 Å². The summed E-state index contributed by atoms with van der Waals surface area (Å²) in [5.41, 5.74) is 1.22. The zero-order valence-electron chi connectivity index (χ0n) is 7.96. The maximum Gasteiger partial charge on any atom is 0.142 e. The Balaban J connectivity index is 2.19. The fraction of sp³-hybridized carbons (Fsp3) is 0.700. The van der Waals surface area contributed by atoms with Crippen molar-refractivity contribution in [2.24, 2.45) is 0 Å². The zero-order valence-corrected chi connectivity index (χ0v) is 7.96. The molecule has 0 aromatic carbocycles. The summed E-state index contributed by atoms with van der Waals surface area (Å²) in [7, 11) is 0. The summed E-state index contributed by atoms with van der Waals surface area (Å²) in [6.45, 7) is 6.16. The molecule has 0 amide bonds. The molecule has 12 heavy (non-hydrogen) atoms. The number of hydrogen-bond acceptors (Lipinski definition) is 2. The number of carbonyl (C=O) groups is 1. The normalized spacial score (nSPS) is 26.9. The summed E-state index contributed by atoms with van der Waals surface area (Å²) < 4.78 is 5.42. The second-order valence-corrected chi connectivity index (χ2v) is 3.90. The number of carbonyl (C=O) groups excluding carboxylic acids is 1. The summed E-state index contributed by atoms with van der Waals surface area (Å²) in [6.07, 6.45) is 4.85. The summed E-state index contributed by atoms with van der Waals surface area (Å²) in [4.78, 5) is 10.1. The third kappa shape index (κ3) is 2.45. The molecule has 1 fully saturated rings. The number of rotatable bonds is 4. The van der Waals surface area contributed by atoms with E-state index in [1.807, 2.05) is 6.92 Å². The predicted molar refractivity (Wildman–Crippen MR) is 48.0 cm³/mol. The Hall–Kier alpha value is -0.630. The molecule has 1 rings (SSSR count). The average Bonchev–Trinajstić information content (AvgIpc) is 2.56. The molecular weight excluding hydrogens is 152 g/mol. The van der Waals surface area contributed by atoms with Crippen LogP contribution in [0.1, 0.15) is 33.6 Å². The molecule has 0 bridgehead atoms. The highest BCUT2D eigenvalue weighted by Crippen LogP contribution is 2.38. The molecule has 68 valence electrons. The van der Waals surface area contributed by atoms with Gasteiger partial charge in [-0.05, 0) is 39.7 Å². The topological polar surface area (TPSA) is 29.6 Å². The number of epoxide rings is 1. The van der Waals surface area contributed by atoms with E-state index in [1.165, 1.54) is 0 Å². The van der Waals surface area contributed by atoms with Crippen molar-refractivity contribution in [3.63, 3.8) is 0 Å². The van der Waals surface area contributed by atoms with E-state index in [0.717, 1.165) is 24.7 Å². The van der Waals surface area contributed by atoms with Gasteiger partial charge in [-0.25, -0.2) is 0 Å². The van der Waals surface area contributed by atoms with Gasteiger partial charge in [-0.1, -0.05) is 5.57 Å². The lowest BCUT2D eigenvalue weighted by Gasteiger charge is -1.97. The molecule has 0 spiro atoms. The highest BCUT2D eigenvalue weighted by molar-refractivity contribution is 5.65. The fourth-order valence-electron chi connectivity index (χ4n) is 1.30. The van der Waals surface area contributed by atoms with Crippen LogP contribution >= 0.6 is 0 Å². The summed E-state index contributed by atoms with van der Waals surface area (Å²) in [5.74, 6) is 0. The summed E-state index contributed by atoms with van der Waals surface area (Å²) >= 11 is 0. The van der Waals surface area contributed by atoms with E-state index in [1.54, 1.807) is 6.08 Å². The minimum absolute atomic E-state index is 0.0848. The molecule has 0 aromatic rings. The van der Waals surface area contributed by atoms with Gasteiger partial charge < -0.3 is 4.74 Å². The smallest absolute Gasteiger partial charge is 0.142 e. The number of allylic oxidation sites excluding steroid dienone is 2. The van der Waals surface area contributed by atoms with E-state index >= 15 is 0 Å². The SMILES string of the molecule is C/C(=C\C=O)CC[C@@H]1OC1(C)C. The first kappa shape index (κ1) is 9.46. The lowest BCUT2D eigenvalue weighted by atomic mass is 10.0. The van der Waals surface area contributed by atoms with Gasteiger partial charge in [0, 0.05) is 0 Å². The minimum atomic E-state index is 0.0848. The van der Waals surface area contributed by atoms with E-state index < -0.39 is 0 Å². The molecule has 2 nitrogen and oxygen atoms in total. The van der Waals surface area contributed by atoms with Gasteiger partial charge in [0.25, 0.3) is 0 Å². The number of hydrogen-bond donors (Lipinski definition) is 0. The van der Waals surface area contributed by atoms with Gasteiger partial charge in [0.05, 0.1) is 11.7 Å². The van der Waals surface area contributed by atoms with Gasteiger partial charge in [0.1, 0.15) is 6.29 Å². The quantitative estimate of drug-likeness (QED) is 0.365. The Morgan fingerprint density at radius 3 is 2.58 bits per heavy atom. The van der Waals surface area contributed by atoms with Crippen molar-refractivity contribution in [3.8, 4) is 0 Å². The molecule has 0 aliphatic carbocycles. The first-order chi connectivity index (χ1) is 5.56. The lowest BCUT2D eigenvalue weighted by Crippen LogP contribution is -2.02. The Morgan fingerprint density at radius 1 is 1.58 bits per heavy atom. The second kappa shape index (κ2) is 3.40. The highest BCUT2D eigenvalue weighted by atomic mass is 16.6. The highest BCUT2D eigenvalue weighted by Gasteiger charge is 2.46. The van der Waals surface area contributed by atoms with Crippen LogP contribution < -0.4 is 0 Å². The van der Waals surface area contributed by atoms with Crippen LogP contribution in [0.25, 0.3) is 0 Å². The number of ether oxygens (including phenoxy) is 1. The molecule has 1 atom stereocenters. The van der Waals surface area contributed by atoms with Crippen LogP contribution in [0.5, 0.6) is 0 Å². The molecule has 2 heteroatoms. The molecule has 0 aromatic heterocycles. The van der Waals surface area contributed by atoms with Crippen LogP contribution in [0.3, 0.4) is 0 Å². The Bertz CT molecular complexity index is 204. The zero-order chi connectivity index (χ0) is 9.19. The third-order valence-corrected chi connectivity index (χ3v) is 2.32. The molecule has 0 saturated carbocycles. The third-order valence-electron chi connectivity index (χ3n) is 2.32. The van der Waals surface area contributed by atoms with Gasteiger partial charge in [-0.2, -0.15) is 0 Å². The lowest BCUT2D eigenvalue weighted by molar-refractivity contribution is -0.104. The van der Waals surface area contributed by atoms with Crippen molar-refractivity contribution in [2.45, 2.75) is 45.3 Å². The molecule has 1 aliphatic heterocycles. The van der Waals surface area contributed by atoms with E-state index in [4.69, 9.17) is 4.74 Å². The van der Waals surface area contributed by atoms with Crippen LogP contribution in [0.4, 0.5) is 0 Å². The van der Waals surface area contributed by atoms with Crippen LogP contribution in [0.15, 0.2) is 11.6 Å². The van der Waals surface area contributed by atoms with Crippen molar-refractivity contribution in [1.82, 2.24) is 0 Å². The Morgan fingerprint density at radius 2 is 2.17 bits per heavy atom. The van der Waals surface area contributed by atoms with Gasteiger partial charge >= 0.3 is 0 Å². The molecule has 0 N–H and O–H groups in total. The molecule has 1 aliphatic rings. The molecule has 0 radical (unpaired) electrons. The molecule has 0 unspecified atom stereocenters. The average molecular weight is 168 g/mol. The van der Waals surface area contributed by atoms with Crippen molar-refractivity contribution in [1.29, 1.82) is 0 Å². The van der Waals surface area contributed by atoms with Gasteiger partial charge in [0.15, 0.2) is 0 Å². The summed E-state index contributed by atoms with van der Waals surface area (Å²) in [5, 5.41) is 0. The Kier molecular flexibility index (Phi) is 2.68. The van der Waals surface area contributed by atoms with E-state index in [2.05, 4.69) is 13.8 Å². The maximum absolute atomic E-state index is 10.1. The van der Waals surface area contributed by atoms with Gasteiger partial charge in [-0.3, -0.25) is 4.79 Å². The van der Waals surface area contributed by atoms with Crippen molar-refractivity contribution >= 4 is 6.29 Å². The predicted octanol–water partition coefficient (Wildman–Crippen LogP) is 2.09. The van der Waals surface area contributed by atoms with E-state index in [9.17, 15) is 4.79 Å². The first-order valence-corrected chi connectivity index (χ1v) is 4.35. The maximum atomic E-state index is 10.1. The summed E-state index contributed by atoms with van der Waals surface area (Å²) in [6, 6.07) is 0. The number of aldehydes is 1. The van der Waals surface area contributed by atoms with E-state index in [0.29, 0.717) is 6.10 Å². The van der Waals surface area contributed by atoms with Gasteiger partial charge in [-0.15, -0.1) is 0 Å². The van der Waals surface area contributed by atoms with Crippen molar-refractivity contribution in [2.75, 3.05) is 0 Å².